The van der Waals surface area contributed by atoms with Crippen LogP contribution in [0.3, 0.4) is 0 Å². The van der Waals surface area contributed by atoms with Crippen molar-refractivity contribution < 1.29 is 4.57 Å². The average molecular weight is 470 g/mol. The quantitative estimate of drug-likeness (QED) is 0.181. The third-order valence-corrected chi connectivity index (χ3v) is 6.50. The molecule has 98 valence electrons. The number of halogens is 2. The molecule has 0 unspecified atom stereocenters. The van der Waals surface area contributed by atoms with Gasteiger partial charge in [0, 0.05) is 50.2 Å². The van der Waals surface area contributed by atoms with Gasteiger partial charge in [-0.3, -0.25) is 0 Å². The Balaban J connectivity index is 3.02. The monoisotopic (exact) mass is 470 g/mol. The molecule has 0 fully saturated rings. The Morgan fingerprint density at radius 3 is 1.50 bits per heavy atom. The van der Waals surface area contributed by atoms with Crippen LogP contribution < -0.4 is 0 Å². The van der Waals surface area contributed by atoms with Crippen molar-refractivity contribution in [2.24, 2.45) is 0 Å². The molecule has 0 heterocycles. The highest BCUT2D eigenvalue weighted by molar-refractivity contribution is 14.3. The fourth-order valence-corrected chi connectivity index (χ4v) is 4.42. The molecule has 0 saturated carbocycles. The Morgan fingerprint density at radius 2 is 1.12 bits per heavy atom. The summed E-state index contributed by atoms with van der Waals surface area (Å²) in [5, 5.41) is 0. The van der Waals surface area contributed by atoms with E-state index in [1.807, 2.05) is 0 Å². The molecule has 0 aliphatic heterocycles. The standard InChI is InChI=1S/C12H25I2OP/c1-2-3-4-5-6-7-8-9-10-11-12-16(13,14)15/h2-12H2,1H3. The molecule has 0 N–H and O–H groups in total. The van der Waals surface area contributed by atoms with E-state index in [2.05, 4.69) is 51.0 Å². The van der Waals surface area contributed by atoms with Crippen molar-refractivity contribution in [2.75, 3.05) is 6.16 Å². The third kappa shape index (κ3) is 15.7. The van der Waals surface area contributed by atoms with Gasteiger partial charge in [-0.05, 0) is 6.42 Å². The Labute approximate surface area is 127 Å². The lowest BCUT2D eigenvalue weighted by Gasteiger charge is -2.03. The molecule has 0 aliphatic rings. The van der Waals surface area contributed by atoms with Gasteiger partial charge in [0.2, 0.25) is 0 Å². The Morgan fingerprint density at radius 1 is 0.750 bits per heavy atom. The second-order valence-corrected chi connectivity index (χ2v) is 21.0. The van der Waals surface area contributed by atoms with Crippen LogP contribution in [0.5, 0.6) is 0 Å². The summed E-state index contributed by atoms with van der Waals surface area (Å²) >= 11 is 4.21. The van der Waals surface area contributed by atoms with E-state index in [1.54, 1.807) is 0 Å². The fraction of sp³-hybridized carbons (Fsp3) is 1.00. The first-order valence-corrected chi connectivity index (χ1v) is 14.0. The maximum atomic E-state index is 11.4. The van der Waals surface area contributed by atoms with Crippen LogP contribution in [0.25, 0.3) is 0 Å². The SMILES string of the molecule is CCCCCCCCCCCCP(=O)(I)I. The van der Waals surface area contributed by atoms with Crippen molar-refractivity contribution in [1.29, 1.82) is 0 Å². The van der Waals surface area contributed by atoms with E-state index in [1.165, 1.54) is 57.8 Å². The third-order valence-electron chi connectivity index (χ3n) is 2.77. The lowest BCUT2D eigenvalue weighted by molar-refractivity contribution is 0.560. The van der Waals surface area contributed by atoms with E-state index in [0.29, 0.717) is 0 Å². The molecule has 0 spiro atoms. The molecule has 0 radical (unpaired) electrons. The van der Waals surface area contributed by atoms with Crippen molar-refractivity contribution in [3.8, 4) is 0 Å². The van der Waals surface area contributed by atoms with Crippen LogP contribution in [-0.2, 0) is 4.57 Å². The van der Waals surface area contributed by atoms with Crippen molar-refractivity contribution in [3.05, 3.63) is 0 Å². The average Bonchev–Trinajstić information content (AvgIpc) is 2.19. The molecule has 4 heteroatoms. The molecule has 1 nitrogen and oxygen atoms in total. The van der Waals surface area contributed by atoms with Gasteiger partial charge in [-0.2, -0.15) is 0 Å². The van der Waals surface area contributed by atoms with Crippen molar-refractivity contribution in [1.82, 2.24) is 0 Å². The van der Waals surface area contributed by atoms with E-state index >= 15 is 0 Å². The minimum absolute atomic E-state index is 0.921. The molecular weight excluding hydrogens is 445 g/mol. The molecule has 0 aromatic heterocycles. The van der Waals surface area contributed by atoms with Gasteiger partial charge < -0.3 is 4.57 Å². The Kier molecular flexibility index (Phi) is 13.0. The van der Waals surface area contributed by atoms with E-state index in [-0.39, 0.29) is 0 Å². The Hall–Kier alpha value is 1.69. The lowest BCUT2D eigenvalue weighted by atomic mass is 10.1. The van der Waals surface area contributed by atoms with Crippen molar-refractivity contribution in [2.45, 2.75) is 71.1 Å². The van der Waals surface area contributed by atoms with Gasteiger partial charge in [0.05, 0.1) is 0 Å². The van der Waals surface area contributed by atoms with Gasteiger partial charge in [0.25, 0.3) is 0 Å². The van der Waals surface area contributed by atoms with Crippen molar-refractivity contribution >= 4 is 46.5 Å². The zero-order valence-corrected chi connectivity index (χ0v) is 15.6. The van der Waals surface area contributed by atoms with Crippen LogP contribution in [0.2, 0.25) is 0 Å². The number of rotatable bonds is 11. The normalized spacial score (nSPS) is 11.9. The van der Waals surface area contributed by atoms with Crippen LogP contribution in [0.15, 0.2) is 0 Å². The van der Waals surface area contributed by atoms with Crippen LogP contribution >= 0.6 is 46.5 Å². The highest BCUT2D eigenvalue weighted by Crippen LogP contribution is 2.63. The van der Waals surface area contributed by atoms with Crippen LogP contribution in [0, 0.1) is 0 Å². The van der Waals surface area contributed by atoms with E-state index in [4.69, 9.17) is 0 Å². The van der Waals surface area contributed by atoms with E-state index in [0.717, 1.165) is 12.6 Å². The van der Waals surface area contributed by atoms with Gasteiger partial charge >= 0.3 is 0 Å². The molecule has 0 aromatic rings. The molecular formula is C12H25I2OP. The summed E-state index contributed by atoms with van der Waals surface area (Å²) < 4.78 is 9.62. The zero-order chi connectivity index (χ0) is 12.3. The first-order valence-electron chi connectivity index (χ1n) is 6.54. The topological polar surface area (TPSA) is 17.1 Å². The van der Waals surface area contributed by atoms with Gasteiger partial charge in [0.1, 0.15) is 0 Å². The summed E-state index contributed by atoms with van der Waals surface area (Å²) in [6.07, 6.45) is 14.4. The van der Waals surface area contributed by atoms with Gasteiger partial charge in [0.15, 0.2) is 2.43 Å². The van der Waals surface area contributed by atoms with Crippen LogP contribution in [-0.4, -0.2) is 6.16 Å². The second-order valence-electron chi connectivity index (χ2n) is 4.48. The predicted molar refractivity (Wildman–Crippen MR) is 92.4 cm³/mol. The molecule has 0 aliphatic carbocycles. The first-order chi connectivity index (χ1) is 7.56. The van der Waals surface area contributed by atoms with Gasteiger partial charge in [-0.15, -0.1) is 0 Å². The first kappa shape index (κ1) is 17.7. The summed E-state index contributed by atoms with van der Waals surface area (Å²) in [6.45, 7) is 2.26. The Bertz CT molecular complexity index is 191. The summed E-state index contributed by atoms with van der Waals surface area (Å²) in [6, 6.07) is 0. The molecule has 0 saturated heterocycles. The van der Waals surface area contributed by atoms with E-state index in [9.17, 15) is 4.57 Å². The molecule has 0 rings (SSSR count). The second kappa shape index (κ2) is 11.8. The van der Waals surface area contributed by atoms with Gasteiger partial charge in [-0.25, -0.2) is 0 Å². The van der Waals surface area contributed by atoms with Crippen LogP contribution in [0.1, 0.15) is 71.1 Å². The summed E-state index contributed by atoms with van der Waals surface area (Å²) in [5.74, 6) is 0. The molecule has 16 heavy (non-hydrogen) atoms. The van der Waals surface area contributed by atoms with Crippen LogP contribution in [0.4, 0.5) is 0 Å². The molecule has 0 atom stereocenters. The molecule has 0 amide bonds. The fourth-order valence-electron chi connectivity index (χ4n) is 1.78. The zero-order valence-electron chi connectivity index (χ0n) is 10.4. The van der Waals surface area contributed by atoms with E-state index < -0.39 is 2.43 Å². The largest absolute Gasteiger partial charge is 0.302 e. The molecule has 0 aromatic carbocycles. The maximum absolute atomic E-state index is 11.4. The summed E-state index contributed by atoms with van der Waals surface area (Å²) in [4.78, 5) is 0. The minimum Gasteiger partial charge on any atom is -0.302 e. The number of unbranched alkanes of at least 4 members (excludes halogenated alkanes) is 9. The predicted octanol–water partition coefficient (Wildman–Crippen LogP) is 6.97. The lowest BCUT2D eigenvalue weighted by Crippen LogP contribution is -1.83. The van der Waals surface area contributed by atoms with Crippen molar-refractivity contribution in [3.63, 3.8) is 0 Å². The minimum atomic E-state index is -1.80. The summed E-state index contributed by atoms with van der Waals surface area (Å²) in [7, 11) is 0. The molecule has 0 bridgehead atoms. The smallest absolute Gasteiger partial charge is 0.198 e. The number of hydrogen-bond donors (Lipinski definition) is 0. The number of hydrogen-bond acceptors (Lipinski definition) is 1. The highest BCUT2D eigenvalue weighted by atomic mass is 127. The maximum Gasteiger partial charge on any atom is 0.198 e. The highest BCUT2D eigenvalue weighted by Gasteiger charge is 2.09. The summed E-state index contributed by atoms with van der Waals surface area (Å²) in [5.41, 5.74) is 0. The van der Waals surface area contributed by atoms with Gasteiger partial charge in [-0.1, -0.05) is 64.7 Å².